The van der Waals surface area contributed by atoms with Crippen LogP contribution in [0.15, 0.2) is 0 Å². The van der Waals surface area contributed by atoms with Crippen LogP contribution in [0.1, 0.15) is 129 Å². The molecule has 0 rings (SSSR count). The van der Waals surface area contributed by atoms with Gasteiger partial charge in [-0.15, -0.1) is 0 Å². The van der Waals surface area contributed by atoms with Crippen molar-refractivity contribution < 1.29 is 9.90 Å². The van der Waals surface area contributed by atoms with Crippen LogP contribution in [0, 0.1) is 5.41 Å². The molecule has 0 spiro atoms. The Morgan fingerprint density at radius 2 is 1.19 bits per heavy atom. The molecule has 6 nitrogen and oxygen atoms in total. The van der Waals surface area contributed by atoms with E-state index >= 15 is 0 Å². The Labute approximate surface area is 198 Å². The zero-order chi connectivity index (χ0) is 23.9. The minimum atomic E-state index is -0.717. The van der Waals surface area contributed by atoms with Gasteiger partial charge in [-0.05, 0) is 38.8 Å². The average Bonchev–Trinajstić information content (AvgIpc) is 2.76. The van der Waals surface area contributed by atoms with Crippen molar-refractivity contribution in [3.05, 3.63) is 0 Å². The van der Waals surface area contributed by atoms with E-state index in [-0.39, 0.29) is 5.96 Å². The van der Waals surface area contributed by atoms with Crippen LogP contribution in [0.2, 0.25) is 0 Å². The summed E-state index contributed by atoms with van der Waals surface area (Å²) in [5.74, 6) is -0.767. The number of carboxylic acid groups (broad SMARTS) is 1. The molecule has 0 unspecified atom stereocenters. The molecule has 6 heteroatoms. The van der Waals surface area contributed by atoms with Crippen molar-refractivity contribution in [3.8, 4) is 0 Å². The van der Waals surface area contributed by atoms with E-state index in [9.17, 15) is 9.90 Å². The number of aliphatic carboxylic acids is 1. The SMILES string of the molecule is CCCCCCCCCCCCN(CCCCCCCC)[C@@H](CCCNC(=N)N)C(=O)O. The molecule has 0 saturated carbocycles. The first-order valence-electron chi connectivity index (χ1n) is 13.6. The first-order chi connectivity index (χ1) is 15.5. The Morgan fingerprint density at radius 3 is 1.56 bits per heavy atom. The fourth-order valence-corrected chi connectivity index (χ4v) is 4.30. The lowest BCUT2D eigenvalue weighted by Gasteiger charge is -2.29. The van der Waals surface area contributed by atoms with Crippen LogP contribution < -0.4 is 11.1 Å². The zero-order valence-corrected chi connectivity index (χ0v) is 21.3. The summed E-state index contributed by atoms with van der Waals surface area (Å²) in [5, 5.41) is 19.9. The van der Waals surface area contributed by atoms with Gasteiger partial charge < -0.3 is 16.2 Å². The Morgan fingerprint density at radius 1 is 0.781 bits per heavy atom. The van der Waals surface area contributed by atoms with Gasteiger partial charge >= 0.3 is 5.97 Å². The fourth-order valence-electron chi connectivity index (χ4n) is 4.30. The number of hydrogen-bond donors (Lipinski definition) is 4. The standard InChI is InChI=1S/C26H54N4O2/c1-3-5-7-9-11-12-13-14-16-18-23-30(22-17-15-10-8-6-4-2)24(25(31)32)20-19-21-29-26(27)28/h24H,3-23H2,1-2H3,(H,31,32)(H4,27,28,29)/t24-/m0/s1. The quantitative estimate of drug-likeness (QED) is 0.0780. The van der Waals surface area contributed by atoms with Crippen molar-refractivity contribution in [1.82, 2.24) is 10.2 Å². The Hall–Kier alpha value is -1.30. The van der Waals surface area contributed by atoms with Crippen molar-refractivity contribution in [2.24, 2.45) is 5.73 Å². The normalized spacial score (nSPS) is 12.2. The third kappa shape index (κ3) is 19.4. The van der Waals surface area contributed by atoms with Gasteiger partial charge in [-0.25, -0.2) is 0 Å². The van der Waals surface area contributed by atoms with E-state index in [0.29, 0.717) is 19.4 Å². The van der Waals surface area contributed by atoms with Gasteiger partial charge in [-0.3, -0.25) is 15.1 Å². The highest BCUT2D eigenvalue weighted by Gasteiger charge is 2.24. The molecule has 0 aromatic carbocycles. The average molecular weight is 455 g/mol. The van der Waals surface area contributed by atoms with Crippen LogP contribution in [0.5, 0.6) is 0 Å². The first kappa shape index (κ1) is 30.7. The highest BCUT2D eigenvalue weighted by molar-refractivity contribution is 5.74. The number of carboxylic acids is 1. The highest BCUT2D eigenvalue weighted by atomic mass is 16.4. The van der Waals surface area contributed by atoms with E-state index in [0.717, 1.165) is 25.9 Å². The van der Waals surface area contributed by atoms with Gasteiger partial charge in [0.2, 0.25) is 0 Å². The predicted molar refractivity (Wildman–Crippen MR) is 137 cm³/mol. The largest absolute Gasteiger partial charge is 0.480 e. The molecule has 0 aliphatic heterocycles. The van der Waals surface area contributed by atoms with E-state index in [2.05, 4.69) is 24.1 Å². The molecule has 0 radical (unpaired) electrons. The number of unbranched alkanes of at least 4 members (excludes halogenated alkanes) is 14. The van der Waals surface area contributed by atoms with Gasteiger partial charge in [0.1, 0.15) is 6.04 Å². The molecule has 0 bridgehead atoms. The molecule has 5 N–H and O–H groups in total. The summed E-state index contributed by atoms with van der Waals surface area (Å²) in [4.78, 5) is 14.2. The van der Waals surface area contributed by atoms with E-state index in [1.54, 1.807) is 0 Å². The summed E-state index contributed by atoms with van der Waals surface area (Å²) >= 11 is 0. The highest BCUT2D eigenvalue weighted by Crippen LogP contribution is 2.15. The van der Waals surface area contributed by atoms with Gasteiger partial charge in [0, 0.05) is 6.54 Å². The number of nitrogens with two attached hydrogens (primary N) is 1. The zero-order valence-electron chi connectivity index (χ0n) is 21.3. The van der Waals surface area contributed by atoms with Crippen LogP contribution >= 0.6 is 0 Å². The number of rotatable bonds is 24. The summed E-state index contributed by atoms with van der Waals surface area (Å²) in [5.41, 5.74) is 5.34. The van der Waals surface area contributed by atoms with E-state index in [4.69, 9.17) is 11.1 Å². The number of guanidine groups is 1. The van der Waals surface area contributed by atoms with E-state index in [1.807, 2.05) is 0 Å². The molecule has 1 atom stereocenters. The molecule has 0 aromatic heterocycles. The summed E-state index contributed by atoms with van der Waals surface area (Å²) in [7, 11) is 0. The number of nitrogens with one attached hydrogen (secondary N) is 2. The van der Waals surface area contributed by atoms with E-state index < -0.39 is 12.0 Å². The van der Waals surface area contributed by atoms with Gasteiger partial charge in [-0.1, -0.05) is 104 Å². The minimum Gasteiger partial charge on any atom is -0.480 e. The second-order valence-corrected chi connectivity index (χ2v) is 9.32. The van der Waals surface area contributed by atoms with Gasteiger partial charge in [-0.2, -0.15) is 0 Å². The van der Waals surface area contributed by atoms with Crippen LogP contribution in [-0.4, -0.2) is 47.6 Å². The minimum absolute atomic E-state index is 0.0498. The first-order valence-corrected chi connectivity index (χ1v) is 13.6. The maximum absolute atomic E-state index is 12.0. The third-order valence-electron chi connectivity index (χ3n) is 6.29. The van der Waals surface area contributed by atoms with Crippen LogP contribution in [0.25, 0.3) is 0 Å². The lowest BCUT2D eigenvalue weighted by atomic mass is 10.0. The second kappa shape index (κ2) is 22.9. The lowest BCUT2D eigenvalue weighted by molar-refractivity contribution is -0.143. The summed E-state index contributed by atoms with van der Waals surface area (Å²) in [6, 6.07) is -0.432. The Kier molecular flexibility index (Phi) is 21.9. The molecule has 0 heterocycles. The topological polar surface area (TPSA) is 102 Å². The van der Waals surface area contributed by atoms with Gasteiger partial charge in [0.25, 0.3) is 0 Å². The molecule has 0 saturated heterocycles. The Bertz CT molecular complexity index is 446. The van der Waals surface area contributed by atoms with Crippen molar-refractivity contribution in [1.29, 1.82) is 5.41 Å². The van der Waals surface area contributed by atoms with Crippen molar-refractivity contribution in [2.45, 2.75) is 135 Å². The molecular formula is C26H54N4O2. The van der Waals surface area contributed by atoms with Crippen molar-refractivity contribution in [3.63, 3.8) is 0 Å². The number of nitrogens with zero attached hydrogens (tertiary/aromatic N) is 1. The monoisotopic (exact) mass is 454 g/mol. The van der Waals surface area contributed by atoms with Crippen LogP contribution in [0.4, 0.5) is 0 Å². The molecule has 0 fully saturated rings. The number of hydrogen-bond acceptors (Lipinski definition) is 3. The van der Waals surface area contributed by atoms with Crippen molar-refractivity contribution in [2.75, 3.05) is 19.6 Å². The van der Waals surface area contributed by atoms with Crippen LogP contribution in [-0.2, 0) is 4.79 Å². The predicted octanol–water partition coefficient (Wildman–Crippen LogP) is 6.29. The molecule has 190 valence electrons. The lowest BCUT2D eigenvalue weighted by Crippen LogP contribution is -2.43. The molecule has 0 amide bonds. The fraction of sp³-hybridized carbons (Fsp3) is 0.923. The maximum Gasteiger partial charge on any atom is 0.320 e. The van der Waals surface area contributed by atoms with Gasteiger partial charge in [0.15, 0.2) is 5.96 Å². The van der Waals surface area contributed by atoms with Gasteiger partial charge in [0.05, 0.1) is 0 Å². The molecule has 32 heavy (non-hydrogen) atoms. The molecule has 0 aliphatic carbocycles. The summed E-state index contributed by atoms with van der Waals surface area (Å²) in [6.45, 7) is 6.80. The number of carbonyl (C=O) groups is 1. The smallest absolute Gasteiger partial charge is 0.320 e. The molecule has 0 aromatic rings. The van der Waals surface area contributed by atoms with Crippen LogP contribution in [0.3, 0.4) is 0 Å². The second-order valence-electron chi connectivity index (χ2n) is 9.32. The summed E-state index contributed by atoms with van der Waals surface area (Å²) in [6.07, 6.45) is 21.6. The maximum atomic E-state index is 12.0. The Balaban J connectivity index is 4.34. The molecular weight excluding hydrogens is 400 g/mol. The van der Waals surface area contributed by atoms with Crippen molar-refractivity contribution >= 4 is 11.9 Å². The third-order valence-corrected chi connectivity index (χ3v) is 6.29. The molecule has 0 aliphatic rings. The van der Waals surface area contributed by atoms with E-state index in [1.165, 1.54) is 89.9 Å². The summed E-state index contributed by atoms with van der Waals surface area (Å²) < 4.78 is 0.